The van der Waals surface area contributed by atoms with Crippen molar-refractivity contribution in [1.82, 2.24) is 15.5 Å². The highest BCUT2D eigenvalue weighted by molar-refractivity contribution is 5.85. The maximum Gasteiger partial charge on any atom is 0.234 e. The summed E-state index contributed by atoms with van der Waals surface area (Å²) in [5, 5.41) is 6.24. The molecule has 17 heavy (non-hydrogen) atoms. The largest absolute Gasteiger partial charge is 0.355 e. The molecule has 0 unspecified atom stereocenters. The van der Waals surface area contributed by atoms with Gasteiger partial charge in [0.2, 0.25) is 5.91 Å². The lowest BCUT2D eigenvalue weighted by atomic mass is 10.0. The van der Waals surface area contributed by atoms with Crippen LogP contribution in [0.5, 0.6) is 0 Å². The third-order valence-corrected chi connectivity index (χ3v) is 3.06. The van der Waals surface area contributed by atoms with Crippen LogP contribution in [0.1, 0.15) is 33.1 Å². The van der Waals surface area contributed by atoms with E-state index in [9.17, 15) is 4.79 Å². The number of carbonyl (C=O) groups is 1. The van der Waals surface area contributed by atoms with E-state index in [1.54, 1.807) is 0 Å². The summed E-state index contributed by atoms with van der Waals surface area (Å²) < 4.78 is 0. The summed E-state index contributed by atoms with van der Waals surface area (Å²) in [5.74, 6) is 0.162. The van der Waals surface area contributed by atoms with Crippen molar-refractivity contribution in [2.45, 2.75) is 39.2 Å². The smallest absolute Gasteiger partial charge is 0.234 e. The predicted octanol–water partition coefficient (Wildman–Crippen LogP) is 1.01. The van der Waals surface area contributed by atoms with Gasteiger partial charge in [0.1, 0.15) is 0 Å². The molecule has 1 rings (SSSR count). The molecule has 2 N–H and O–H groups in total. The van der Waals surface area contributed by atoms with Crippen LogP contribution in [-0.4, -0.2) is 49.6 Å². The van der Waals surface area contributed by atoms with Crippen molar-refractivity contribution < 1.29 is 4.79 Å². The number of likely N-dealkylation sites (N-methyl/N-ethyl adjacent to an activating group) is 1. The monoisotopic (exact) mass is 263 g/mol. The Balaban J connectivity index is 0.00000256. The molecule has 0 spiro atoms. The second kappa shape index (κ2) is 9.68. The van der Waals surface area contributed by atoms with Crippen molar-refractivity contribution in [1.29, 1.82) is 0 Å². The third kappa shape index (κ3) is 6.24. The van der Waals surface area contributed by atoms with Crippen LogP contribution in [0.25, 0.3) is 0 Å². The quantitative estimate of drug-likeness (QED) is 0.752. The predicted molar refractivity (Wildman–Crippen MR) is 73.7 cm³/mol. The summed E-state index contributed by atoms with van der Waals surface area (Å²) in [5.41, 5.74) is 0. The van der Waals surface area contributed by atoms with Gasteiger partial charge in [0.05, 0.1) is 6.54 Å². The first-order valence-electron chi connectivity index (χ1n) is 6.49. The van der Waals surface area contributed by atoms with Crippen LogP contribution >= 0.6 is 12.4 Å². The fraction of sp³-hybridized carbons (Fsp3) is 0.917. The summed E-state index contributed by atoms with van der Waals surface area (Å²) in [7, 11) is 0. The van der Waals surface area contributed by atoms with Crippen molar-refractivity contribution in [3.8, 4) is 0 Å². The molecule has 0 aliphatic carbocycles. The molecule has 1 amide bonds. The van der Waals surface area contributed by atoms with Gasteiger partial charge in [0.15, 0.2) is 0 Å². The zero-order chi connectivity index (χ0) is 11.8. The Morgan fingerprint density at radius 1 is 1.35 bits per heavy atom. The molecule has 1 heterocycles. The number of hydrogen-bond donors (Lipinski definition) is 2. The molecule has 0 bridgehead atoms. The van der Waals surface area contributed by atoms with Crippen LogP contribution in [0.4, 0.5) is 0 Å². The number of nitrogens with one attached hydrogen (secondary N) is 2. The maximum absolute atomic E-state index is 11.6. The number of nitrogens with zero attached hydrogens (tertiary/aromatic N) is 1. The summed E-state index contributed by atoms with van der Waals surface area (Å²) >= 11 is 0. The van der Waals surface area contributed by atoms with Crippen LogP contribution in [0.3, 0.4) is 0 Å². The first kappa shape index (κ1) is 16.7. The number of piperidine rings is 1. The van der Waals surface area contributed by atoms with E-state index in [2.05, 4.69) is 22.5 Å². The Morgan fingerprint density at radius 3 is 2.53 bits per heavy atom. The normalized spacial score (nSPS) is 16.6. The van der Waals surface area contributed by atoms with E-state index in [-0.39, 0.29) is 18.3 Å². The molecule has 1 fully saturated rings. The lowest BCUT2D eigenvalue weighted by Gasteiger charge is -2.33. The molecule has 0 aromatic heterocycles. The number of rotatable bonds is 6. The molecule has 1 aliphatic rings. The van der Waals surface area contributed by atoms with E-state index in [0.29, 0.717) is 12.6 Å². The minimum Gasteiger partial charge on any atom is -0.355 e. The van der Waals surface area contributed by atoms with E-state index < -0.39 is 0 Å². The van der Waals surface area contributed by atoms with Gasteiger partial charge in [0, 0.05) is 12.6 Å². The highest BCUT2D eigenvalue weighted by Gasteiger charge is 2.21. The van der Waals surface area contributed by atoms with Gasteiger partial charge in [-0.05, 0) is 45.8 Å². The highest BCUT2D eigenvalue weighted by Crippen LogP contribution is 2.11. The van der Waals surface area contributed by atoms with Crippen LogP contribution in [0, 0.1) is 0 Å². The lowest BCUT2D eigenvalue weighted by Crippen LogP contribution is -2.47. The molecule has 5 heteroatoms. The standard InChI is InChI=1S/C12H25N3O.ClH/c1-3-9-15(10-12(16)14-4-2)11-5-7-13-8-6-11;/h11,13H,3-10H2,1-2H3,(H,14,16);1H. The number of amides is 1. The molecule has 1 saturated heterocycles. The minimum atomic E-state index is 0. The molecule has 0 atom stereocenters. The summed E-state index contributed by atoms with van der Waals surface area (Å²) in [6.07, 6.45) is 3.45. The van der Waals surface area contributed by atoms with Crippen LogP contribution in [-0.2, 0) is 4.79 Å². The second-order valence-corrected chi connectivity index (χ2v) is 4.41. The first-order chi connectivity index (χ1) is 7.77. The third-order valence-electron chi connectivity index (χ3n) is 3.06. The van der Waals surface area contributed by atoms with Gasteiger partial charge in [-0.1, -0.05) is 6.92 Å². The van der Waals surface area contributed by atoms with Crippen LogP contribution in [0.2, 0.25) is 0 Å². The van der Waals surface area contributed by atoms with E-state index in [1.807, 2.05) is 6.92 Å². The Bertz CT molecular complexity index is 208. The van der Waals surface area contributed by atoms with Crippen molar-refractivity contribution in [3.05, 3.63) is 0 Å². The van der Waals surface area contributed by atoms with Gasteiger partial charge < -0.3 is 10.6 Å². The highest BCUT2D eigenvalue weighted by atomic mass is 35.5. The average molecular weight is 264 g/mol. The van der Waals surface area contributed by atoms with Crippen molar-refractivity contribution >= 4 is 18.3 Å². The summed E-state index contributed by atoms with van der Waals surface area (Å²) in [6.45, 7) is 8.62. The molecule has 0 aromatic rings. The summed E-state index contributed by atoms with van der Waals surface area (Å²) in [4.78, 5) is 13.9. The molecule has 0 radical (unpaired) electrons. The zero-order valence-electron chi connectivity index (χ0n) is 11.0. The number of hydrogen-bond acceptors (Lipinski definition) is 3. The zero-order valence-corrected chi connectivity index (χ0v) is 11.8. The van der Waals surface area contributed by atoms with Gasteiger partial charge in [-0.3, -0.25) is 9.69 Å². The molecular weight excluding hydrogens is 238 g/mol. The SMILES string of the molecule is CCCN(CC(=O)NCC)C1CCNCC1.Cl. The van der Waals surface area contributed by atoms with Crippen LogP contribution < -0.4 is 10.6 Å². The first-order valence-corrected chi connectivity index (χ1v) is 6.49. The van der Waals surface area contributed by atoms with Gasteiger partial charge in [-0.2, -0.15) is 0 Å². The van der Waals surface area contributed by atoms with E-state index in [1.165, 1.54) is 12.8 Å². The summed E-state index contributed by atoms with van der Waals surface area (Å²) in [6, 6.07) is 0.587. The van der Waals surface area contributed by atoms with Crippen molar-refractivity contribution in [2.24, 2.45) is 0 Å². The molecule has 1 aliphatic heterocycles. The van der Waals surface area contributed by atoms with Gasteiger partial charge >= 0.3 is 0 Å². The number of carbonyl (C=O) groups excluding carboxylic acids is 1. The minimum absolute atomic E-state index is 0. The Morgan fingerprint density at radius 2 is 2.00 bits per heavy atom. The van der Waals surface area contributed by atoms with Gasteiger partial charge in [-0.25, -0.2) is 0 Å². The molecule has 0 aromatic carbocycles. The molecule has 0 saturated carbocycles. The Kier molecular flexibility index (Phi) is 9.50. The fourth-order valence-corrected chi connectivity index (χ4v) is 2.29. The van der Waals surface area contributed by atoms with E-state index in [0.717, 1.165) is 32.6 Å². The fourth-order valence-electron chi connectivity index (χ4n) is 2.29. The maximum atomic E-state index is 11.6. The Hall–Kier alpha value is -0.320. The second-order valence-electron chi connectivity index (χ2n) is 4.41. The Labute approximate surface area is 111 Å². The topological polar surface area (TPSA) is 44.4 Å². The molecular formula is C12H26ClN3O. The van der Waals surface area contributed by atoms with Crippen molar-refractivity contribution in [3.63, 3.8) is 0 Å². The average Bonchev–Trinajstić information content (AvgIpc) is 2.30. The van der Waals surface area contributed by atoms with E-state index in [4.69, 9.17) is 0 Å². The molecule has 4 nitrogen and oxygen atoms in total. The number of halogens is 1. The van der Waals surface area contributed by atoms with Gasteiger partial charge in [0.25, 0.3) is 0 Å². The lowest BCUT2D eigenvalue weighted by molar-refractivity contribution is -0.122. The van der Waals surface area contributed by atoms with Gasteiger partial charge in [-0.15, -0.1) is 12.4 Å². The van der Waals surface area contributed by atoms with E-state index >= 15 is 0 Å². The van der Waals surface area contributed by atoms with Crippen molar-refractivity contribution in [2.75, 3.05) is 32.7 Å². The van der Waals surface area contributed by atoms with Crippen LogP contribution in [0.15, 0.2) is 0 Å². The molecule has 102 valence electrons.